The van der Waals surface area contributed by atoms with Crippen molar-refractivity contribution in [3.8, 4) is 0 Å². The van der Waals surface area contributed by atoms with Gasteiger partial charge in [-0.05, 0) is 44.5 Å². The molecule has 1 aromatic carbocycles. The number of methoxy groups -OCH3 is 1. The number of nitrogens with zero attached hydrogens (tertiary/aromatic N) is 2. The second-order valence-corrected chi connectivity index (χ2v) is 5.92. The molecule has 0 aliphatic carbocycles. The van der Waals surface area contributed by atoms with Crippen LogP contribution in [-0.2, 0) is 4.74 Å². The number of hydrogen-bond donors (Lipinski definition) is 1. The average molecular weight is 338 g/mol. The molecule has 108 valence electrons. The Hall–Kier alpha value is -1.33. The van der Waals surface area contributed by atoms with Gasteiger partial charge in [-0.3, -0.25) is 0 Å². The van der Waals surface area contributed by atoms with E-state index in [1.54, 1.807) is 7.11 Å². The number of benzene rings is 1. The Morgan fingerprint density at radius 1 is 1.40 bits per heavy atom. The number of imidazole rings is 1. The van der Waals surface area contributed by atoms with Crippen LogP contribution >= 0.6 is 15.9 Å². The number of ether oxygens (including phenoxy) is 1. The van der Waals surface area contributed by atoms with Crippen LogP contribution in [0.2, 0.25) is 0 Å². The van der Waals surface area contributed by atoms with Crippen LogP contribution in [0.5, 0.6) is 0 Å². The van der Waals surface area contributed by atoms with Crippen molar-refractivity contribution in [3.63, 3.8) is 0 Å². The molecule has 2 rings (SSSR count). The van der Waals surface area contributed by atoms with Crippen LogP contribution in [0.3, 0.4) is 0 Å². The van der Waals surface area contributed by atoms with Crippen LogP contribution < -0.4 is 5.32 Å². The van der Waals surface area contributed by atoms with Gasteiger partial charge in [0.05, 0.1) is 18.3 Å². The molecule has 20 heavy (non-hydrogen) atoms. The highest BCUT2D eigenvalue weighted by Gasteiger charge is 2.12. The molecule has 0 aliphatic rings. The van der Waals surface area contributed by atoms with E-state index in [1.807, 2.05) is 19.2 Å². The highest BCUT2D eigenvalue weighted by Crippen LogP contribution is 2.25. The van der Waals surface area contributed by atoms with Crippen molar-refractivity contribution in [1.82, 2.24) is 9.55 Å². The summed E-state index contributed by atoms with van der Waals surface area (Å²) < 4.78 is 8.42. The molecule has 5 heteroatoms. The van der Waals surface area contributed by atoms with E-state index in [0.717, 1.165) is 21.8 Å². The van der Waals surface area contributed by atoms with Gasteiger partial charge in [-0.25, -0.2) is 4.98 Å². The summed E-state index contributed by atoms with van der Waals surface area (Å²) in [6.07, 6.45) is 2.04. The average Bonchev–Trinajstić information content (AvgIpc) is 2.74. The summed E-state index contributed by atoms with van der Waals surface area (Å²) in [6.45, 7) is 6.84. The van der Waals surface area contributed by atoms with Crippen molar-refractivity contribution >= 4 is 27.6 Å². The molecular weight excluding hydrogens is 318 g/mol. The summed E-state index contributed by atoms with van der Waals surface area (Å²) in [5, 5.41) is 3.40. The minimum absolute atomic E-state index is 0.236. The van der Waals surface area contributed by atoms with E-state index >= 15 is 0 Å². The molecule has 1 atom stereocenters. The Morgan fingerprint density at radius 2 is 2.15 bits per heavy atom. The van der Waals surface area contributed by atoms with Gasteiger partial charge >= 0.3 is 0 Å². The lowest BCUT2D eigenvalue weighted by Crippen LogP contribution is -2.13. The van der Waals surface area contributed by atoms with E-state index in [4.69, 9.17) is 4.74 Å². The number of aromatic nitrogens is 2. The van der Waals surface area contributed by atoms with E-state index in [0.29, 0.717) is 6.61 Å². The largest absolute Gasteiger partial charge is 0.383 e. The maximum absolute atomic E-state index is 5.23. The molecule has 0 radical (unpaired) electrons. The molecule has 2 aromatic rings. The zero-order valence-electron chi connectivity index (χ0n) is 12.3. The summed E-state index contributed by atoms with van der Waals surface area (Å²) in [5.74, 6) is 0.845. The third-order valence-electron chi connectivity index (χ3n) is 3.17. The first kappa shape index (κ1) is 15.1. The molecule has 0 amide bonds. The summed E-state index contributed by atoms with van der Waals surface area (Å²) in [5.41, 5.74) is 3.22. The second kappa shape index (κ2) is 6.41. The molecule has 1 N–H and O–H groups in total. The SMILES string of the molecule is COCC(C)n1cc(C)nc1Nc1ccc(Br)cc1C. The Morgan fingerprint density at radius 3 is 2.80 bits per heavy atom. The minimum Gasteiger partial charge on any atom is -0.383 e. The van der Waals surface area contributed by atoms with Crippen LogP contribution in [0.4, 0.5) is 11.6 Å². The third kappa shape index (κ3) is 3.41. The molecule has 0 fully saturated rings. The number of nitrogens with one attached hydrogen (secondary N) is 1. The zero-order chi connectivity index (χ0) is 14.7. The van der Waals surface area contributed by atoms with Gasteiger partial charge in [0, 0.05) is 23.5 Å². The van der Waals surface area contributed by atoms with Crippen molar-refractivity contribution in [2.45, 2.75) is 26.8 Å². The van der Waals surface area contributed by atoms with E-state index in [2.05, 4.69) is 56.8 Å². The van der Waals surface area contributed by atoms with E-state index in [1.165, 1.54) is 5.56 Å². The third-order valence-corrected chi connectivity index (χ3v) is 3.66. The van der Waals surface area contributed by atoms with Crippen LogP contribution in [0, 0.1) is 13.8 Å². The van der Waals surface area contributed by atoms with Gasteiger partial charge < -0.3 is 14.6 Å². The maximum atomic E-state index is 5.23. The molecular formula is C15H20BrN3O. The molecule has 0 spiro atoms. The van der Waals surface area contributed by atoms with Crippen molar-refractivity contribution in [1.29, 1.82) is 0 Å². The number of aryl methyl sites for hydroxylation is 2. The van der Waals surface area contributed by atoms with Gasteiger partial charge in [-0.15, -0.1) is 0 Å². The lowest BCUT2D eigenvalue weighted by molar-refractivity contribution is 0.163. The van der Waals surface area contributed by atoms with Gasteiger partial charge in [0.25, 0.3) is 0 Å². The molecule has 0 saturated carbocycles. The van der Waals surface area contributed by atoms with Crippen molar-refractivity contribution in [2.75, 3.05) is 19.0 Å². The van der Waals surface area contributed by atoms with Crippen molar-refractivity contribution in [2.24, 2.45) is 0 Å². The van der Waals surface area contributed by atoms with E-state index < -0.39 is 0 Å². The molecule has 0 bridgehead atoms. The Kier molecular flexibility index (Phi) is 4.83. The quantitative estimate of drug-likeness (QED) is 0.887. The summed E-state index contributed by atoms with van der Waals surface area (Å²) in [6, 6.07) is 6.39. The predicted molar refractivity (Wildman–Crippen MR) is 85.7 cm³/mol. The summed E-state index contributed by atoms with van der Waals surface area (Å²) in [7, 11) is 1.71. The molecule has 4 nitrogen and oxygen atoms in total. The standard InChI is InChI=1S/C15H20BrN3O/c1-10-7-13(16)5-6-14(10)18-15-17-11(2)8-19(15)12(3)9-20-4/h5-8,12H,9H2,1-4H3,(H,17,18). The van der Waals surface area contributed by atoms with Crippen LogP contribution in [-0.4, -0.2) is 23.3 Å². The van der Waals surface area contributed by atoms with Crippen molar-refractivity contribution < 1.29 is 4.74 Å². The fraction of sp³-hybridized carbons (Fsp3) is 0.400. The van der Waals surface area contributed by atoms with Crippen molar-refractivity contribution in [3.05, 3.63) is 40.1 Å². The molecule has 0 aliphatic heterocycles. The zero-order valence-corrected chi connectivity index (χ0v) is 13.9. The second-order valence-electron chi connectivity index (χ2n) is 5.00. The Balaban J connectivity index is 2.29. The number of halogens is 1. The monoisotopic (exact) mass is 337 g/mol. The van der Waals surface area contributed by atoms with Gasteiger partial charge in [0.15, 0.2) is 0 Å². The van der Waals surface area contributed by atoms with Gasteiger partial charge in [-0.2, -0.15) is 0 Å². The lowest BCUT2D eigenvalue weighted by Gasteiger charge is -2.17. The lowest BCUT2D eigenvalue weighted by atomic mass is 10.2. The normalized spacial score (nSPS) is 12.4. The van der Waals surface area contributed by atoms with Crippen LogP contribution in [0.15, 0.2) is 28.9 Å². The summed E-state index contributed by atoms with van der Waals surface area (Å²) >= 11 is 3.48. The highest BCUT2D eigenvalue weighted by atomic mass is 79.9. The smallest absolute Gasteiger partial charge is 0.207 e. The predicted octanol–water partition coefficient (Wildman–Crippen LogP) is 4.21. The van der Waals surface area contributed by atoms with Gasteiger partial charge in [0.1, 0.15) is 0 Å². The van der Waals surface area contributed by atoms with Gasteiger partial charge in [-0.1, -0.05) is 15.9 Å². The number of hydrogen-bond acceptors (Lipinski definition) is 3. The van der Waals surface area contributed by atoms with Crippen LogP contribution in [0.1, 0.15) is 24.2 Å². The minimum atomic E-state index is 0.236. The summed E-state index contributed by atoms with van der Waals surface area (Å²) in [4.78, 5) is 4.56. The first-order valence-corrected chi connectivity index (χ1v) is 7.38. The highest BCUT2D eigenvalue weighted by molar-refractivity contribution is 9.10. The first-order chi connectivity index (χ1) is 9.51. The Labute approximate surface area is 128 Å². The topological polar surface area (TPSA) is 39.1 Å². The van der Waals surface area contributed by atoms with Crippen LogP contribution in [0.25, 0.3) is 0 Å². The molecule has 0 saturated heterocycles. The van der Waals surface area contributed by atoms with Gasteiger partial charge in [0.2, 0.25) is 5.95 Å². The fourth-order valence-corrected chi connectivity index (χ4v) is 2.63. The molecule has 1 aromatic heterocycles. The number of rotatable bonds is 5. The fourth-order valence-electron chi connectivity index (χ4n) is 2.15. The van der Waals surface area contributed by atoms with E-state index in [9.17, 15) is 0 Å². The van der Waals surface area contributed by atoms with E-state index in [-0.39, 0.29) is 6.04 Å². The first-order valence-electron chi connectivity index (χ1n) is 6.59. The number of anilines is 2. The molecule has 1 unspecified atom stereocenters. The maximum Gasteiger partial charge on any atom is 0.207 e. The molecule has 1 heterocycles. The Bertz CT molecular complexity index is 595.